The van der Waals surface area contributed by atoms with Gasteiger partial charge in [-0.15, -0.1) is 0 Å². The van der Waals surface area contributed by atoms with Gasteiger partial charge in [0.15, 0.2) is 6.17 Å². The molecule has 0 aromatic rings. The van der Waals surface area contributed by atoms with Crippen LogP contribution in [0.2, 0.25) is 0 Å². The molecule has 2 atom stereocenters. The Bertz CT molecular complexity index is 538. The molecule has 0 aliphatic heterocycles. The summed E-state index contributed by atoms with van der Waals surface area (Å²) in [7, 11) is 0. The van der Waals surface area contributed by atoms with Crippen molar-refractivity contribution in [2.75, 3.05) is 0 Å². The van der Waals surface area contributed by atoms with Crippen LogP contribution in [0, 0.1) is 0 Å². The second kappa shape index (κ2) is 7.05. The molecule has 2 unspecified atom stereocenters. The van der Waals surface area contributed by atoms with Crippen LogP contribution >= 0.6 is 43.6 Å². The molecule has 140 valence electrons. The Hall–Kier alpha value is 0.160. The van der Waals surface area contributed by atoms with Gasteiger partial charge in [-0.3, -0.25) is 0 Å². The standard InChI is InChI=1S/C12H9Br2F9S/c1-2-3-9(14)7(15)5(13)4-6(8(9)16)24-10(17,11(18,19)20)12(21,22)23/h4,7H,2-3H2,1H3. The van der Waals surface area contributed by atoms with Crippen molar-refractivity contribution >= 4 is 43.6 Å². The first-order valence-electron chi connectivity index (χ1n) is 6.23. The lowest BCUT2D eigenvalue weighted by Gasteiger charge is -2.35. The van der Waals surface area contributed by atoms with Crippen LogP contribution in [0.25, 0.3) is 0 Å². The van der Waals surface area contributed by atoms with Gasteiger partial charge in [-0.25, -0.2) is 13.2 Å². The van der Waals surface area contributed by atoms with Crippen molar-refractivity contribution in [3.05, 3.63) is 21.3 Å². The van der Waals surface area contributed by atoms with Crippen LogP contribution in [0.5, 0.6) is 0 Å². The summed E-state index contributed by atoms with van der Waals surface area (Å²) in [6.45, 7) is 1.51. The predicted octanol–water partition coefficient (Wildman–Crippen LogP) is 7.26. The molecule has 0 saturated carbocycles. The van der Waals surface area contributed by atoms with Crippen molar-refractivity contribution in [1.29, 1.82) is 0 Å². The Balaban J connectivity index is 3.46. The van der Waals surface area contributed by atoms with E-state index < -0.39 is 54.8 Å². The lowest BCUT2D eigenvalue weighted by atomic mass is 9.92. The van der Waals surface area contributed by atoms with E-state index in [0.717, 1.165) is 0 Å². The zero-order chi connectivity index (χ0) is 19.1. The fourth-order valence-corrected chi connectivity index (χ4v) is 4.96. The molecule has 0 nitrogen and oxygen atoms in total. The van der Waals surface area contributed by atoms with Gasteiger partial charge in [0.25, 0.3) is 0 Å². The van der Waals surface area contributed by atoms with E-state index >= 15 is 0 Å². The highest BCUT2D eigenvalue weighted by atomic mass is 79.9. The lowest BCUT2D eigenvalue weighted by Crippen LogP contribution is -2.50. The van der Waals surface area contributed by atoms with E-state index in [1.165, 1.54) is 6.92 Å². The van der Waals surface area contributed by atoms with Gasteiger partial charge >= 0.3 is 17.4 Å². The van der Waals surface area contributed by atoms with Crippen molar-refractivity contribution in [1.82, 2.24) is 0 Å². The highest BCUT2D eigenvalue weighted by Gasteiger charge is 2.74. The molecule has 0 aromatic carbocycles. The van der Waals surface area contributed by atoms with Crippen LogP contribution in [-0.2, 0) is 0 Å². The third-order valence-electron chi connectivity index (χ3n) is 3.09. The van der Waals surface area contributed by atoms with E-state index in [2.05, 4.69) is 31.9 Å². The summed E-state index contributed by atoms with van der Waals surface area (Å²) in [5.41, 5.74) is 0. The molecule has 0 N–H and O–H groups in total. The van der Waals surface area contributed by atoms with E-state index in [9.17, 15) is 39.5 Å². The van der Waals surface area contributed by atoms with Gasteiger partial charge in [-0.05, 0) is 12.5 Å². The average Bonchev–Trinajstić information content (AvgIpc) is 2.40. The van der Waals surface area contributed by atoms with Crippen molar-refractivity contribution in [2.24, 2.45) is 0 Å². The van der Waals surface area contributed by atoms with Crippen LogP contribution in [0.3, 0.4) is 0 Å². The summed E-state index contributed by atoms with van der Waals surface area (Å²) in [4.78, 5) is -1.29. The lowest BCUT2D eigenvalue weighted by molar-refractivity contribution is -0.302. The summed E-state index contributed by atoms with van der Waals surface area (Å²) in [6.07, 6.45) is -14.5. The molecular weight excluding hydrogens is 507 g/mol. The number of allylic oxidation sites excluding steroid dienone is 3. The van der Waals surface area contributed by atoms with Crippen LogP contribution in [0.4, 0.5) is 39.5 Å². The Morgan fingerprint density at radius 1 is 1.12 bits per heavy atom. The number of hydrogen-bond acceptors (Lipinski definition) is 1. The maximum atomic E-state index is 14.4. The Morgan fingerprint density at radius 2 is 1.58 bits per heavy atom. The van der Waals surface area contributed by atoms with E-state index in [4.69, 9.17) is 0 Å². The molecule has 1 aliphatic carbocycles. The third-order valence-corrected chi connectivity index (χ3v) is 6.13. The van der Waals surface area contributed by atoms with E-state index in [1.54, 1.807) is 0 Å². The fraction of sp³-hybridized carbons (Fsp3) is 0.667. The van der Waals surface area contributed by atoms with Crippen LogP contribution < -0.4 is 0 Å². The van der Waals surface area contributed by atoms with Gasteiger partial charge in [-0.1, -0.05) is 57.0 Å². The molecule has 0 bridgehead atoms. The smallest absolute Gasteiger partial charge is 0.240 e. The highest BCUT2D eigenvalue weighted by Crippen LogP contribution is 2.59. The van der Waals surface area contributed by atoms with Crippen molar-refractivity contribution < 1.29 is 39.5 Å². The Labute approximate surface area is 152 Å². The molecule has 0 saturated heterocycles. The molecule has 0 spiro atoms. The molecule has 24 heavy (non-hydrogen) atoms. The monoisotopic (exact) mass is 514 g/mol. The molecule has 0 amide bonds. The van der Waals surface area contributed by atoms with E-state index in [0.29, 0.717) is 6.08 Å². The molecule has 0 radical (unpaired) electrons. The second-order valence-electron chi connectivity index (χ2n) is 4.88. The Kier molecular flexibility index (Phi) is 6.52. The molecule has 0 fully saturated rings. The first-order chi connectivity index (χ1) is 10.6. The largest absolute Gasteiger partial charge is 0.441 e. The Morgan fingerprint density at radius 3 is 1.96 bits per heavy atom. The minimum atomic E-state index is -6.35. The normalized spacial score (nSPS) is 26.7. The van der Waals surface area contributed by atoms with Gasteiger partial charge < -0.3 is 0 Å². The minimum absolute atomic E-state index is 0.163. The summed E-state index contributed by atoms with van der Waals surface area (Å²) in [5.74, 6) is -1.62. The van der Waals surface area contributed by atoms with E-state index in [1.807, 2.05) is 0 Å². The minimum Gasteiger partial charge on any atom is -0.240 e. The first-order valence-corrected chi connectivity index (χ1v) is 8.63. The number of rotatable bonds is 4. The number of hydrogen-bond donors (Lipinski definition) is 0. The van der Waals surface area contributed by atoms with Crippen molar-refractivity contribution in [3.63, 3.8) is 0 Å². The maximum absolute atomic E-state index is 14.4. The fourth-order valence-electron chi connectivity index (χ4n) is 1.90. The zero-order valence-corrected chi connectivity index (χ0v) is 15.6. The topological polar surface area (TPSA) is 0 Å². The number of halogens is 11. The van der Waals surface area contributed by atoms with Gasteiger partial charge in [0.05, 0.1) is 0 Å². The summed E-state index contributed by atoms with van der Waals surface area (Å²) >= 11 is 3.94. The van der Waals surface area contributed by atoms with Crippen LogP contribution in [0.15, 0.2) is 21.3 Å². The van der Waals surface area contributed by atoms with Gasteiger partial charge in [0.2, 0.25) is 0 Å². The quantitative estimate of drug-likeness (QED) is 0.280. The second-order valence-corrected chi connectivity index (χ2v) is 8.41. The van der Waals surface area contributed by atoms with Crippen LogP contribution in [0.1, 0.15) is 19.8 Å². The van der Waals surface area contributed by atoms with Crippen molar-refractivity contribution in [2.45, 2.75) is 47.6 Å². The molecule has 12 heteroatoms. The van der Waals surface area contributed by atoms with Gasteiger partial charge in [0.1, 0.15) is 10.2 Å². The molecular formula is C12H9Br2F9S. The molecule has 1 aliphatic rings. The highest BCUT2D eigenvalue weighted by molar-refractivity contribution is 9.12. The maximum Gasteiger partial charge on any atom is 0.441 e. The molecule has 0 aromatic heterocycles. The summed E-state index contributed by atoms with van der Waals surface area (Å²) in [6, 6.07) is 0. The average molecular weight is 516 g/mol. The van der Waals surface area contributed by atoms with Crippen molar-refractivity contribution in [3.8, 4) is 0 Å². The summed E-state index contributed by atoms with van der Waals surface area (Å²) in [5, 5.41) is -5.74. The van der Waals surface area contributed by atoms with Gasteiger partial charge in [-0.2, -0.15) is 26.3 Å². The summed E-state index contributed by atoms with van der Waals surface area (Å²) < 4.78 is 115. The SMILES string of the molecule is CCCC1(Br)C(F)=C(SC(F)(C(F)(F)F)C(F)(F)F)C=C(Br)C1F. The van der Waals surface area contributed by atoms with Gasteiger partial charge in [0, 0.05) is 9.39 Å². The zero-order valence-electron chi connectivity index (χ0n) is 11.6. The third kappa shape index (κ3) is 3.79. The number of alkyl halides is 9. The van der Waals surface area contributed by atoms with Crippen LogP contribution in [-0.4, -0.2) is 27.8 Å². The predicted molar refractivity (Wildman–Crippen MR) is 80.1 cm³/mol. The molecule has 1 rings (SSSR count). The van der Waals surface area contributed by atoms with E-state index in [-0.39, 0.29) is 12.8 Å². The first kappa shape index (κ1) is 22.2. The number of thioether (sulfide) groups is 1. The molecule has 0 heterocycles.